The predicted octanol–water partition coefficient (Wildman–Crippen LogP) is 3.92. The Morgan fingerprint density at radius 1 is 1.18 bits per heavy atom. The normalized spacial score (nSPS) is 11.4. The highest BCUT2D eigenvalue weighted by atomic mass is 79.9. The maximum atomic E-state index is 11.7. The third-order valence-corrected chi connectivity index (χ3v) is 5.72. The van der Waals surface area contributed by atoms with Crippen LogP contribution in [-0.4, -0.2) is 24.2 Å². The van der Waals surface area contributed by atoms with E-state index in [1.165, 1.54) is 12.1 Å². The van der Waals surface area contributed by atoms with Gasteiger partial charge in [0.1, 0.15) is 4.47 Å². The molecule has 0 fully saturated rings. The lowest BCUT2D eigenvalue weighted by molar-refractivity contribution is -0.134. The molecule has 2 aromatic carbocycles. The van der Waals surface area contributed by atoms with E-state index in [1.54, 1.807) is 48.0 Å². The molecule has 0 atom stereocenters. The van der Waals surface area contributed by atoms with E-state index in [0.29, 0.717) is 20.9 Å². The van der Waals surface area contributed by atoms with Gasteiger partial charge in [-0.3, -0.25) is 4.79 Å². The summed E-state index contributed by atoms with van der Waals surface area (Å²) in [5.74, 6) is -0.329. The van der Waals surface area contributed by atoms with Crippen LogP contribution in [0.3, 0.4) is 0 Å². The van der Waals surface area contributed by atoms with Crippen LogP contribution in [0.25, 0.3) is 16.9 Å². The van der Waals surface area contributed by atoms with Crippen molar-refractivity contribution in [1.82, 2.24) is 9.78 Å². The van der Waals surface area contributed by atoms with E-state index in [9.17, 15) is 13.2 Å². The molecule has 7 nitrogen and oxygen atoms in total. The van der Waals surface area contributed by atoms with Crippen molar-refractivity contribution in [2.24, 2.45) is 5.14 Å². The molecule has 0 bridgehead atoms. The van der Waals surface area contributed by atoms with Crippen molar-refractivity contribution in [2.45, 2.75) is 18.2 Å². The Morgan fingerprint density at radius 2 is 1.79 bits per heavy atom. The van der Waals surface area contributed by atoms with E-state index in [4.69, 9.17) is 21.5 Å². The molecular weight excluding hydrogens is 470 g/mol. The number of benzene rings is 2. The van der Waals surface area contributed by atoms with Crippen LogP contribution in [0.1, 0.15) is 13.3 Å². The maximum Gasteiger partial charge on any atom is 0.312 e. The summed E-state index contributed by atoms with van der Waals surface area (Å²) in [6.45, 7) is 1.68. The average Bonchev–Trinajstić information content (AvgIpc) is 2.98. The van der Waals surface area contributed by atoms with Gasteiger partial charge in [0.15, 0.2) is 0 Å². The summed E-state index contributed by atoms with van der Waals surface area (Å²) < 4.78 is 30.3. The molecule has 0 unspecified atom stereocenters. The Labute approximate surface area is 175 Å². The summed E-state index contributed by atoms with van der Waals surface area (Å²) in [7, 11) is -3.81. The van der Waals surface area contributed by atoms with Crippen LogP contribution in [0.15, 0.2) is 57.9 Å². The minimum atomic E-state index is -3.81. The lowest BCUT2D eigenvalue weighted by Crippen LogP contribution is -2.12. The second-order valence-electron chi connectivity index (χ2n) is 5.75. The van der Waals surface area contributed by atoms with Crippen molar-refractivity contribution < 1.29 is 17.9 Å². The number of nitrogens with zero attached hydrogens (tertiary/aromatic N) is 2. The largest absolute Gasteiger partial charge is 0.405 e. The quantitative estimate of drug-likeness (QED) is 0.553. The van der Waals surface area contributed by atoms with Gasteiger partial charge in [-0.25, -0.2) is 18.2 Å². The molecule has 0 amide bonds. The number of carbonyl (C=O) groups excluding carboxylic acids is 1. The van der Waals surface area contributed by atoms with E-state index in [-0.39, 0.29) is 17.2 Å². The van der Waals surface area contributed by atoms with Gasteiger partial charge in [-0.05, 0) is 52.3 Å². The first-order valence-corrected chi connectivity index (χ1v) is 10.8. The molecule has 0 saturated carbocycles. The summed E-state index contributed by atoms with van der Waals surface area (Å²) in [5, 5.41) is 10.1. The number of primary sulfonamides is 1. The molecular formula is C18H15BrClN3O4S. The number of aromatic nitrogens is 2. The first-order chi connectivity index (χ1) is 13.2. The van der Waals surface area contributed by atoms with Crippen molar-refractivity contribution in [3.05, 3.63) is 58.0 Å². The average molecular weight is 485 g/mol. The lowest BCUT2D eigenvalue weighted by Gasteiger charge is -2.09. The highest BCUT2D eigenvalue weighted by Gasteiger charge is 2.22. The second kappa shape index (κ2) is 8.04. The maximum absolute atomic E-state index is 11.7. The first-order valence-electron chi connectivity index (χ1n) is 8.09. The molecule has 1 heterocycles. The lowest BCUT2D eigenvalue weighted by atomic mass is 10.1. The van der Waals surface area contributed by atoms with Crippen molar-refractivity contribution in [2.75, 3.05) is 0 Å². The third-order valence-electron chi connectivity index (χ3n) is 3.82. The number of sulfonamides is 1. The van der Waals surface area contributed by atoms with Gasteiger partial charge < -0.3 is 4.74 Å². The Balaban J connectivity index is 2.17. The third kappa shape index (κ3) is 4.27. The molecule has 1 aromatic heterocycles. The van der Waals surface area contributed by atoms with Gasteiger partial charge in [-0.1, -0.05) is 30.7 Å². The van der Waals surface area contributed by atoms with Crippen LogP contribution >= 0.6 is 27.5 Å². The van der Waals surface area contributed by atoms with Gasteiger partial charge in [0.05, 0.1) is 16.3 Å². The predicted molar refractivity (Wildman–Crippen MR) is 109 cm³/mol. The second-order valence-corrected chi connectivity index (χ2v) is 8.54. The topological polar surface area (TPSA) is 104 Å². The Hall–Kier alpha value is -2.20. The van der Waals surface area contributed by atoms with Crippen molar-refractivity contribution in [3.63, 3.8) is 0 Å². The molecule has 0 aliphatic heterocycles. The monoisotopic (exact) mass is 483 g/mol. The molecule has 0 spiro atoms. The minimum absolute atomic E-state index is 0.0202. The summed E-state index contributed by atoms with van der Waals surface area (Å²) in [6.07, 6.45) is 0.193. The zero-order valence-electron chi connectivity index (χ0n) is 14.6. The van der Waals surface area contributed by atoms with Crippen LogP contribution in [-0.2, 0) is 14.8 Å². The van der Waals surface area contributed by atoms with E-state index >= 15 is 0 Å². The molecule has 10 heteroatoms. The SMILES string of the molecule is CCC(=O)Oc1nn(-c2ccc(S(N)(=O)=O)cc2)c(-c2ccc(Cl)cc2)c1Br. The summed E-state index contributed by atoms with van der Waals surface area (Å²) >= 11 is 9.43. The fourth-order valence-electron chi connectivity index (χ4n) is 2.44. The number of hydrogen-bond acceptors (Lipinski definition) is 5. The molecule has 2 N–H and O–H groups in total. The van der Waals surface area contributed by atoms with Crippen molar-refractivity contribution >= 4 is 43.5 Å². The molecule has 3 rings (SSSR count). The molecule has 146 valence electrons. The van der Waals surface area contributed by atoms with Crippen molar-refractivity contribution in [3.8, 4) is 22.8 Å². The highest BCUT2D eigenvalue weighted by molar-refractivity contribution is 9.10. The van der Waals surface area contributed by atoms with Crippen molar-refractivity contribution in [1.29, 1.82) is 0 Å². The van der Waals surface area contributed by atoms with Gasteiger partial charge in [0.25, 0.3) is 5.88 Å². The summed E-state index contributed by atoms with van der Waals surface area (Å²) in [6, 6.07) is 12.9. The Morgan fingerprint density at radius 3 is 2.32 bits per heavy atom. The molecule has 0 aliphatic rings. The Bertz CT molecular complexity index is 1130. The number of nitrogens with two attached hydrogens (primary N) is 1. The zero-order valence-corrected chi connectivity index (χ0v) is 17.8. The van der Waals surface area contributed by atoms with Crippen LogP contribution in [0.4, 0.5) is 0 Å². The number of halogens is 2. The van der Waals surface area contributed by atoms with Crippen LogP contribution in [0, 0.1) is 0 Å². The smallest absolute Gasteiger partial charge is 0.312 e. The molecule has 0 saturated heterocycles. The van der Waals surface area contributed by atoms with Crippen LogP contribution < -0.4 is 9.88 Å². The van der Waals surface area contributed by atoms with E-state index in [1.807, 2.05) is 0 Å². The van der Waals surface area contributed by atoms with E-state index in [2.05, 4.69) is 21.0 Å². The number of ether oxygens (including phenoxy) is 1. The summed E-state index contributed by atoms with van der Waals surface area (Å²) in [5.41, 5.74) is 1.92. The fourth-order valence-corrected chi connectivity index (χ4v) is 3.64. The minimum Gasteiger partial charge on any atom is -0.405 e. The molecule has 3 aromatic rings. The van der Waals surface area contributed by atoms with Gasteiger partial charge in [0.2, 0.25) is 10.0 Å². The van der Waals surface area contributed by atoms with E-state index in [0.717, 1.165) is 5.56 Å². The van der Waals surface area contributed by atoms with Gasteiger partial charge >= 0.3 is 5.97 Å². The number of rotatable bonds is 5. The molecule has 28 heavy (non-hydrogen) atoms. The first kappa shape index (κ1) is 20.5. The standard InChI is InChI=1S/C18H15BrClN3O4S/c1-2-15(24)27-18-16(19)17(11-3-5-12(20)6-4-11)23(22-18)13-7-9-14(10-8-13)28(21,25)26/h3-10H,2H2,1H3,(H2,21,25,26). The Kier molecular flexibility index (Phi) is 5.90. The number of carbonyl (C=O) groups is 1. The molecule has 0 radical (unpaired) electrons. The molecule has 0 aliphatic carbocycles. The highest BCUT2D eigenvalue weighted by Crippen LogP contribution is 2.38. The zero-order chi connectivity index (χ0) is 20.5. The van der Waals surface area contributed by atoms with E-state index < -0.39 is 16.0 Å². The number of hydrogen-bond donors (Lipinski definition) is 1. The van der Waals surface area contributed by atoms with Crippen LogP contribution in [0.2, 0.25) is 5.02 Å². The van der Waals surface area contributed by atoms with Gasteiger partial charge in [-0.15, -0.1) is 5.10 Å². The van der Waals surface area contributed by atoms with Gasteiger partial charge in [-0.2, -0.15) is 0 Å². The summed E-state index contributed by atoms with van der Waals surface area (Å²) in [4.78, 5) is 11.7. The number of esters is 1. The van der Waals surface area contributed by atoms with Crippen LogP contribution in [0.5, 0.6) is 5.88 Å². The fraction of sp³-hybridized carbons (Fsp3) is 0.111. The van der Waals surface area contributed by atoms with Gasteiger partial charge in [0, 0.05) is 17.0 Å².